The Kier molecular flexibility index (Phi) is 2.53. The van der Waals surface area contributed by atoms with E-state index in [0.717, 1.165) is 5.56 Å². The first-order valence-corrected chi connectivity index (χ1v) is 7.44. The SMILES string of the molecule is Cc1ccc2c(c1)P(=O)(O)c1cc(Cl)ccc1O2. The predicted octanol–water partition coefficient (Wildman–Crippen LogP) is 2.98. The number of halogens is 1. The predicted molar refractivity (Wildman–Crippen MR) is 71.8 cm³/mol. The number of rotatable bonds is 0. The third kappa shape index (κ3) is 1.67. The van der Waals surface area contributed by atoms with Crippen molar-refractivity contribution in [1.29, 1.82) is 0 Å². The fourth-order valence-corrected chi connectivity index (χ4v) is 4.05. The van der Waals surface area contributed by atoms with Crippen molar-refractivity contribution >= 4 is 29.6 Å². The molecular formula is C13H10ClO3P. The van der Waals surface area contributed by atoms with Crippen LogP contribution in [0.15, 0.2) is 36.4 Å². The standard InChI is InChI=1S/C13H10ClO3P/c1-8-2-4-10-12(6-8)18(15,16)13-7-9(14)3-5-11(13)17-10/h2-7H,1H3,(H,15,16). The van der Waals surface area contributed by atoms with Crippen molar-refractivity contribution in [3.8, 4) is 11.5 Å². The van der Waals surface area contributed by atoms with Crippen molar-refractivity contribution in [2.45, 2.75) is 6.92 Å². The normalized spacial score (nSPS) is 20.8. The largest absolute Gasteiger partial charge is 0.456 e. The van der Waals surface area contributed by atoms with Gasteiger partial charge in [-0.1, -0.05) is 23.2 Å². The first-order chi connectivity index (χ1) is 8.48. The van der Waals surface area contributed by atoms with Crippen LogP contribution in [-0.4, -0.2) is 4.89 Å². The van der Waals surface area contributed by atoms with Crippen molar-refractivity contribution in [1.82, 2.24) is 0 Å². The molecule has 3 rings (SSSR count). The quantitative estimate of drug-likeness (QED) is 0.755. The second kappa shape index (κ2) is 3.86. The van der Waals surface area contributed by atoms with Gasteiger partial charge in [0.1, 0.15) is 11.5 Å². The molecule has 5 heteroatoms. The number of aryl methyl sites for hydroxylation is 1. The molecule has 0 amide bonds. The number of hydrogen-bond donors (Lipinski definition) is 1. The maximum atomic E-state index is 12.6. The minimum absolute atomic E-state index is 0.258. The molecule has 0 radical (unpaired) electrons. The van der Waals surface area contributed by atoms with Crippen LogP contribution in [0.5, 0.6) is 11.5 Å². The molecule has 0 bridgehead atoms. The molecule has 1 aliphatic rings. The zero-order chi connectivity index (χ0) is 12.9. The van der Waals surface area contributed by atoms with Gasteiger partial charge in [-0.3, -0.25) is 4.57 Å². The van der Waals surface area contributed by atoms with Gasteiger partial charge in [0.2, 0.25) is 0 Å². The van der Waals surface area contributed by atoms with E-state index < -0.39 is 7.37 Å². The molecule has 1 N–H and O–H groups in total. The maximum Gasteiger partial charge on any atom is 0.266 e. The zero-order valence-electron chi connectivity index (χ0n) is 9.55. The Hall–Kier alpha value is -1.28. The lowest BCUT2D eigenvalue weighted by Crippen LogP contribution is -2.24. The van der Waals surface area contributed by atoms with Gasteiger partial charge >= 0.3 is 0 Å². The van der Waals surface area contributed by atoms with E-state index in [1.807, 2.05) is 13.0 Å². The monoisotopic (exact) mass is 280 g/mol. The van der Waals surface area contributed by atoms with Gasteiger partial charge in [0.15, 0.2) is 0 Å². The average molecular weight is 281 g/mol. The molecule has 1 aliphatic heterocycles. The lowest BCUT2D eigenvalue weighted by Gasteiger charge is -2.24. The van der Waals surface area contributed by atoms with Crippen LogP contribution >= 0.6 is 19.0 Å². The highest BCUT2D eigenvalue weighted by atomic mass is 35.5. The van der Waals surface area contributed by atoms with Crippen LogP contribution in [0.2, 0.25) is 5.02 Å². The Morgan fingerprint density at radius 1 is 1.11 bits per heavy atom. The minimum Gasteiger partial charge on any atom is -0.456 e. The molecule has 3 nitrogen and oxygen atoms in total. The summed E-state index contributed by atoms with van der Waals surface area (Å²) in [6, 6.07) is 9.98. The topological polar surface area (TPSA) is 46.5 Å². The number of fused-ring (bicyclic) bond motifs is 2. The number of ether oxygens (including phenoxy) is 1. The van der Waals surface area contributed by atoms with E-state index >= 15 is 0 Å². The smallest absolute Gasteiger partial charge is 0.266 e. The molecule has 0 saturated carbocycles. The van der Waals surface area contributed by atoms with Gasteiger partial charge in [0.05, 0.1) is 10.6 Å². The van der Waals surface area contributed by atoms with Crippen LogP contribution in [-0.2, 0) is 4.57 Å². The van der Waals surface area contributed by atoms with Gasteiger partial charge in [-0.2, -0.15) is 0 Å². The maximum absolute atomic E-state index is 12.6. The second-order valence-electron chi connectivity index (χ2n) is 4.26. The summed E-state index contributed by atoms with van der Waals surface area (Å²) in [7, 11) is -3.63. The molecule has 18 heavy (non-hydrogen) atoms. The molecule has 0 spiro atoms. The van der Waals surface area contributed by atoms with Gasteiger partial charge in [0, 0.05) is 5.02 Å². The fourth-order valence-electron chi connectivity index (χ4n) is 2.01. The van der Waals surface area contributed by atoms with E-state index in [1.165, 1.54) is 6.07 Å². The average Bonchev–Trinajstić information content (AvgIpc) is 2.32. The summed E-state index contributed by atoms with van der Waals surface area (Å²) in [6.45, 7) is 1.87. The highest BCUT2D eigenvalue weighted by Gasteiger charge is 2.36. The second-order valence-corrected chi connectivity index (χ2v) is 6.81. The Balaban J connectivity index is 2.30. The first-order valence-electron chi connectivity index (χ1n) is 5.40. The summed E-state index contributed by atoms with van der Waals surface area (Å²) in [5.41, 5.74) is 0.914. The zero-order valence-corrected chi connectivity index (χ0v) is 11.2. The number of benzene rings is 2. The summed E-state index contributed by atoms with van der Waals surface area (Å²) in [6.07, 6.45) is 0. The Labute approximate surface area is 109 Å². The first kappa shape index (κ1) is 11.8. The number of hydrogen-bond acceptors (Lipinski definition) is 2. The molecule has 0 aromatic heterocycles. The van der Waals surface area contributed by atoms with E-state index in [1.54, 1.807) is 24.3 Å². The fraction of sp³-hybridized carbons (Fsp3) is 0.0769. The highest BCUT2D eigenvalue weighted by molar-refractivity contribution is 7.74. The molecule has 2 aromatic rings. The van der Waals surface area contributed by atoms with E-state index in [9.17, 15) is 9.46 Å². The minimum atomic E-state index is -3.63. The van der Waals surface area contributed by atoms with Gasteiger partial charge in [0.25, 0.3) is 7.37 Å². The molecule has 2 aromatic carbocycles. The molecule has 1 heterocycles. The summed E-state index contributed by atoms with van der Waals surface area (Å²) in [5.74, 6) is 0.822. The van der Waals surface area contributed by atoms with Crippen LogP contribution in [0.1, 0.15) is 5.56 Å². The van der Waals surface area contributed by atoms with Crippen LogP contribution in [0.25, 0.3) is 0 Å². The van der Waals surface area contributed by atoms with E-state index in [2.05, 4.69) is 0 Å². The van der Waals surface area contributed by atoms with Crippen molar-refractivity contribution in [2.75, 3.05) is 0 Å². The van der Waals surface area contributed by atoms with Crippen LogP contribution in [0.3, 0.4) is 0 Å². The van der Waals surface area contributed by atoms with Crippen LogP contribution in [0.4, 0.5) is 0 Å². The van der Waals surface area contributed by atoms with Crippen molar-refractivity contribution in [2.24, 2.45) is 0 Å². The van der Waals surface area contributed by atoms with E-state index in [0.29, 0.717) is 21.8 Å². The van der Waals surface area contributed by atoms with Crippen molar-refractivity contribution in [3.05, 3.63) is 47.0 Å². The van der Waals surface area contributed by atoms with Crippen molar-refractivity contribution in [3.63, 3.8) is 0 Å². The van der Waals surface area contributed by atoms with Gasteiger partial charge < -0.3 is 9.63 Å². The molecule has 92 valence electrons. The Bertz CT molecular complexity index is 641. The summed E-state index contributed by atoms with van der Waals surface area (Å²) in [5, 5.41) is 1.01. The molecule has 1 unspecified atom stereocenters. The van der Waals surface area contributed by atoms with Crippen molar-refractivity contribution < 1.29 is 14.2 Å². The lowest BCUT2D eigenvalue weighted by atomic mass is 10.2. The Morgan fingerprint density at radius 3 is 2.44 bits per heavy atom. The molecular weight excluding hydrogens is 271 g/mol. The molecule has 0 saturated heterocycles. The van der Waals surface area contributed by atoms with Gasteiger partial charge in [-0.05, 0) is 37.3 Å². The third-order valence-electron chi connectivity index (χ3n) is 2.91. The third-order valence-corrected chi connectivity index (χ3v) is 5.15. The summed E-state index contributed by atoms with van der Waals surface area (Å²) >= 11 is 5.87. The van der Waals surface area contributed by atoms with Crippen LogP contribution < -0.4 is 15.3 Å². The molecule has 1 atom stereocenters. The van der Waals surface area contributed by atoms with Gasteiger partial charge in [-0.25, -0.2) is 0 Å². The highest BCUT2D eigenvalue weighted by Crippen LogP contribution is 2.49. The Morgan fingerprint density at radius 2 is 1.72 bits per heavy atom. The van der Waals surface area contributed by atoms with E-state index in [-0.39, 0.29) is 5.30 Å². The molecule has 0 fully saturated rings. The summed E-state index contributed by atoms with van der Waals surface area (Å²) in [4.78, 5) is 10.3. The molecule has 0 aliphatic carbocycles. The lowest BCUT2D eigenvalue weighted by molar-refractivity contribution is 0.465. The van der Waals surface area contributed by atoms with E-state index in [4.69, 9.17) is 16.3 Å². The van der Waals surface area contributed by atoms with Gasteiger partial charge in [-0.15, -0.1) is 0 Å². The summed E-state index contributed by atoms with van der Waals surface area (Å²) < 4.78 is 18.2. The van der Waals surface area contributed by atoms with Crippen LogP contribution in [0, 0.1) is 6.92 Å².